The Hall–Kier alpha value is -2.31. The number of rotatable bonds is 9. The van der Waals surface area contributed by atoms with Crippen molar-refractivity contribution >= 4 is 5.91 Å². The van der Waals surface area contributed by atoms with Crippen LogP contribution in [0.4, 0.5) is 0 Å². The molecule has 1 fully saturated rings. The van der Waals surface area contributed by atoms with Crippen LogP contribution in [-0.4, -0.2) is 67.3 Å². The minimum absolute atomic E-state index is 0.0988. The number of nitrogens with zero attached hydrogens (tertiary/aromatic N) is 3. The maximum Gasteiger partial charge on any atom is 0.219 e. The monoisotopic (exact) mass is 399 g/mol. The van der Waals surface area contributed by atoms with Gasteiger partial charge in [-0.15, -0.1) is 0 Å². The van der Waals surface area contributed by atoms with Crippen molar-refractivity contribution in [3.63, 3.8) is 0 Å². The summed E-state index contributed by atoms with van der Waals surface area (Å²) in [5, 5.41) is 0. The average Bonchev–Trinajstić information content (AvgIpc) is 3.31. The molecule has 0 bridgehead atoms. The predicted octanol–water partition coefficient (Wildman–Crippen LogP) is 2.74. The summed E-state index contributed by atoms with van der Waals surface area (Å²) < 4.78 is 13.0. The minimum atomic E-state index is 0.0988. The fourth-order valence-corrected chi connectivity index (χ4v) is 4.35. The number of para-hydroxylation sites is 1. The van der Waals surface area contributed by atoms with Crippen molar-refractivity contribution in [1.82, 2.24) is 14.4 Å². The molecule has 0 N–H and O–H groups in total. The highest BCUT2D eigenvalue weighted by Gasteiger charge is 2.36. The second-order valence-electron chi connectivity index (χ2n) is 7.87. The van der Waals surface area contributed by atoms with Crippen LogP contribution in [0.15, 0.2) is 42.6 Å². The first-order valence-electron chi connectivity index (χ1n) is 10.2. The molecule has 1 amide bonds. The van der Waals surface area contributed by atoms with Crippen molar-refractivity contribution in [2.24, 2.45) is 13.0 Å². The van der Waals surface area contributed by atoms with Crippen LogP contribution in [-0.2, 0) is 23.1 Å². The van der Waals surface area contributed by atoms with E-state index in [1.807, 2.05) is 17.0 Å². The first-order valence-corrected chi connectivity index (χ1v) is 10.2. The van der Waals surface area contributed by atoms with Crippen molar-refractivity contribution in [1.29, 1.82) is 0 Å². The first-order chi connectivity index (χ1) is 14.0. The molecule has 1 aromatic heterocycles. The van der Waals surface area contributed by atoms with Crippen LogP contribution in [0.2, 0.25) is 0 Å². The van der Waals surface area contributed by atoms with Crippen molar-refractivity contribution < 1.29 is 14.3 Å². The molecule has 2 unspecified atom stereocenters. The molecule has 2 heterocycles. The molecule has 1 aliphatic heterocycles. The van der Waals surface area contributed by atoms with E-state index in [0.29, 0.717) is 25.0 Å². The SMILES string of the molecule is COCCN(CC1CN(Cc2cccn2C)CC1c1ccccc1OC)C(C)=O. The fourth-order valence-electron chi connectivity index (χ4n) is 4.35. The zero-order valence-electron chi connectivity index (χ0n) is 18.0. The van der Waals surface area contributed by atoms with Gasteiger partial charge in [0.1, 0.15) is 5.75 Å². The van der Waals surface area contributed by atoms with E-state index in [1.165, 1.54) is 11.3 Å². The van der Waals surface area contributed by atoms with Gasteiger partial charge in [0.25, 0.3) is 0 Å². The molecular formula is C23H33N3O3. The van der Waals surface area contributed by atoms with Crippen LogP contribution in [0, 0.1) is 5.92 Å². The van der Waals surface area contributed by atoms with Crippen LogP contribution in [0.25, 0.3) is 0 Å². The van der Waals surface area contributed by atoms with E-state index in [-0.39, 0.29) is 5.91 Å². The number of amides is 1. The van der Waals surface area contributed by atoms with E-state index in [1.54, 1.807) is 21.1 Å². The molecule has 2 aromatic rings. The standard InChI is InChI=1S/C23H33N3O3/c1-18(27)26(12-13-28-3)15-19-14-25(16-20-8-7-11-24(20)2)17-22(19)21-9-5-6-10-23(21)29-4/h5-11,19,22H,12-17H2,1-4H3. The number of aromatic nitrogens is 1. The summed E-state index contributed by atoms with van der Waals surface area (Å²) in [6.07, 6.45) is 2.09. The van der Waals surface area contributed by atoms with Crippen molar-refractivity contribution in [3.05, 3.63) is 53.9 Å². The normalized spacial score (nSPS) is 19.4. The van der Waals surface area contributed by atoms with Gasteiger partial charge < -0.3 is 18.9 Å². The third-order valence-electron chi connectivity index (χ3n) is 5.96. The summed E-state index contributed by atoms with van der Waals surface area (Å²) in [4.78, 5) is 16.6. The number of aryl methyl sites for hydroxylation is 1. The number of hydrogen-bond acceptors (Lipinski definition) is 4. The van der Waals surface area contributed by atoms with Gasteiger partial charge in [0.15, 0.2) is 0 Å². The Bertz CT molecular complexity index is 804. The molecule has 1 aromatic carbocycles. The van der Waals surface area contributed by atoms with E-state index >= 15 is 0 Å². The maximum atomic E-state index is 12.2. The highest BCUT2D eigenvalue weighted by molar-refractivity contribution is 5.73. The van der Waals surface area contributed by atoms with Crippen LogP contribution in [0.1, 0.15) is 24.1 Å². The number of likely N-dealkylation sites (tertiary alicyclic amines) is 1. The predicted molar refractivity (Wildman–Crippen MR) is 114 cm³/mol. The Kier molecular flexibility index (Phi) is 7.34. The molecule has 0 radical (unpaired) electrons. The largest absolute Gasteiger partial charge is 0.496 e. The quantitative estimate of drug-likeness (QED) is 0.651. The lowest BCUT2D eigenvalue weighted by Gasteiger charge is -2.28. The van der Waals surface area contributed by atoms with E-state index < -0.39 is 0 Å². The molecule has 2 atom stereocenters. The van der Waals surface area contributed by atoms with Gasteiger partial charge in [0, 0.05) is 71.6 Å². The molecule has 158 valence electrons. The minimum Gasteiger partial charge on any atom is -0.496 e. The van der Waals surface area contributed by atoms with Crippen molar-refractivity contribution in [3.8, 4) is 5.75 Å². The van der Waals surface area contributed by atoms with Gasteiger partial charge in [-0.05, 0) is 29.7 Å². The van der Waals surface area contributed by atoms with Gasteiger partial charge >= 0.3 is 0 Å². The first kappa shape index (κ1) is 21.4. The lowest BCUT2D eigenvalue weighted by atomic mass is 9.88. The smallest absolute Gasteiger partial charge is 0.219 e. The Morgan fingerprint density at radius 1 is 1.17 bits per heavy atom. The summed E-state index contributed by atoms with van der Waals surface area (Å²) in [7, 11) is 5.49. The van der Waals surface area contributed by atoms with Crippen molar-refractivity contribution in [2.75, 3.05) is 47.0 Å². The number of carbonyl (C=O) groups excluding carboxylic acids is 1. The van der Waals surface area contributed by atoms with E-state index in [0.717, 1.165) is 31.9 Å². The Morgan fingerprint density at radius 2 is 1.97 bits per heavy atom. The summed E-state index contributed by atoms with van der Waals surface area (Å²) >= 11 is 0. The third-order valence-corrected chi connectivity index (χ3v) is 5.96. The highest BCUT2D eigenvalue weighted by atomic mass is 16.5. The number of benzene rings is 1. The van der Waals surface area contributed by atoms with Gasteiger partial charge in [-0.3, -0.25) is 9.69 Å². The zero-order chi connectivity index (χ0) is 20.8. The Morgan fingerprint density at radius 3 is 2.62 bits per heavy atom. The highest BCUT2D eigenvalue weighted by Crippen LogP contribution is 2.38. The second-order valence-corrected chi connectivity index (χ2v) is 7.87. The third kappa shape index (κ3) is 5.19. The van der Waals surface area contributed by atoms with Gasteiger partial charge in [0.05, 0.1) is 13.7 Å². The van der Waals surface area contributed by atoms with Crippen molar-refractivity contribution in [2.45, 2.75) is 19.4 Å². The summed E-state index contributed by atoms with van der Waals surface area (Å²) in [5.41, 5.74) is 2.52. The molecule has 6 nitrogen and oxygen atoms in total. The summed E-state index contributed by atoms with van der Waals surface area (Å²) in [6.45, 7) is 6.35. The van der Waals surface area contributed by atoms with Crippen LogP contribution in [0.3, 0.4) is 0 Å². The average molecular weight is 400 g/mol. The number of hydrogen-bond donors (Lipinski definition) is 0. The lowest BCUT2D eigenvalue weighted by molar-refractivity contribution is -0.130. The Labute approximate surface area is 174 Å². The van der Waals surface area contributed by atoms with E-state index in [2.05, 4.69) is 47.0 Å². The number of ether oxygens (including phenoxy) is 2. The molecule has 0 saturated carbocycles. The second kappa shape index (κ2) is 9.94. The summed E-state index contributed by atoms with van der Waals surface area (Å²) in [5.74, 6) is 1.68. The van der Waals surface area contributed by atoms with Crippen LogP contribution >= 0.6 is 0 Å². The Balaban J connectivity index is 1.82. The maximum absolute atomic E-state index is 12.2. The van der Waals surface area contributed by atoms with Gasteiger partial charge in [-0.2, -0.15) is 0 Å². The number of carbonyl (C=O) groups is 1. The topological polar surface area (TPSA) is 46.9 Å². The van der Waals surface area contributed by atoms with E-state index in [9.17, 15) is 4.79 Å². The van der Waals surface area contributed by atoms with Gasteiger partial charge in [-0.1, -0.05) is 18.2 Å². The molecular weight excluding hydrogens is 366 g/mol. The lowest BCUT2D eigenvalue weighted by Crippen LogP contribution is -2.38. The molecule has 0 aliphatic carbocycles. The molecule has 1 saturated heterocycles. The molecule has 29 heavy (non-hydrogen) atoms. The zero-order valence-corrected chi connectivity index (χ0v) is 18.0. The fraction of sp³-hybridized carbons (Fsp3) is 0.522. The van der Waals surface area contributed by atoms with Crippen LogP contribution < -0.4 is 4.74 Å². The van der Waals surface area contributed by atoms with Gasteiger partial charge in [0.2, 0.25) is 5.91 Å². The van der Waals surface area contributed by atoms with Crippen LogP contribution in [0.5, 0.6) is 5.75 Å². The molecule has 3 rings (SSSR count). The molecule has 0 spiro atoms. The van der Waals surface area contributed by atoms with E-state index in [4.69, 9.17) is 9.47 Å². The molecule has 6 heteroatoms. The number of methoxy groups -OCH3 is 2. The summed E-state index contributed by atoms with van der Waals surface area (Å²) in [6, 6.07) is 12.5. The van der Waals surface area contributed by atoms with Gasteiger partial charge in [-0.25, -0.2) is 0 Å². The molecule has 1 aliphatic rings.